The first-order valence-corrected chi connectivity index (χ1v) is 7.37. The van der Waals surface area contributed by atoms with Crippen molar-refractivity contribution < 1.29 is 18.7 Å². The van der Waals surface area contributed by atoms with Gasteiger partial charge < -0.3 is 9.15 Å². The largest absolute Gasteiger partial charge is 0.462 e. The molecule has 0 bridgehead atoms. The molecule has 0 N–H and O–H groups in total. The Bertz CT molecular complexity index is 661. The van der Waals surface area contributed by atoms with Crippen molar-refractivity contribution in [2.24, 2.45) is 0 Å². The van der Waals surface area contributed by atoms with Gasteiger partial charge in [0.15, 0.2) is 12.0 Å². The summed E-state index contributed by atoms with van der Waals surface area (Å²) in [6.45, 7) is 2.02. The Hall–Kier alpha value is -1.40. The average molecular weight is 402 g/mol. The second-order valence-electron chi connectivity index (χ2n) is 3.85. The van der Waals surface area contributed by atoms with E-state index in [4.69, 9.17) is 9.15 Å². The van der Waals surface area contributed by atoms with E-state index in [2.05, 4.69) is 31.9 Å². The molecule has 0 aliphatic carbocycles. The number of carbonyl (C=O) groups excluding carboxylic acids is 2. The summed E-state index contributed by atoms with van der Waals surface area (Å²) in [5.74, 6) is 0.174. The van der Waals surface area contributed by atoms with Crippen LogP contribution < -0.4 is 0 Å². The van der Waals surface area contributed by atoms with Crippen molar-refractivity contribution in [3.05, 3.63) is 44.5 Å². The summed E-state index contributed by atoms with van der Waals surface area (Å²) in [7, 11) is 0. The summed E-state index contributed by atoms with van der Waals surface area (Å²) in [4.78, 5) is 22.8. The van der Waals surface area contributed by atoms with E-state index >= 15 is 0 Å². The summed E-state index contributed by atoms with van der Waals surface area (Å²) < 4.78 is 11.8. The molecule has 0 saturated carbocycles. The van der Waals surface area contributed by atoms with Crippen molar-refractivity contribution >= 4 is 44.1 Å². The van der Waals surface area contributed by atoms with Gasteiger partial charge >= 0.3 is 5.97 Å². The molecule has 0 aliphatic rings. The lowest BCUT2D eigenvalue weighted by Gasteiger charge is -2.10. The molecule has 0 unspecified atom stereocenters. The zero-order valence-electron chi connectivity index (χ0n) is 10.5. The predicted octanol–water partition coefficient (Wildman–Crippen LogP) is 4.46. The maximum Gasteiger partial charge on any atom is 0.338 e. The van der Waals surface area contributed by atoms with Gasteiger partial charge in [0.2, 0.25) is 0 Å². The third kappa shape index (κ3) is 3.02. The normalized spacial score (nSPS) is 10.3. The van der Waals surface area contributed by atoms with Crippen LogP contribution in [0.2, 0.25) is 0 Å². The number of hydrogen-bond acceptors (Lipinski definition) is 4. The molecule has 20 heavy (non-hydrogen) atoms. The van der Waals surface area contributed by atoms with Crippen LogP contribution in [0, 0.1) is 0 Å². The molecule has 2 aromatic rings. The molecule has 6 heteroatoms. The lowest BCUT2D eigenvalue weighted by atomic mass is 10.1. The van der Waals surface area contributed by atoms with Gasteiger partial charge in [0.25, 0.3) is 0 Å². The van der Waals surface area contributed by atoms with E-state index in [1.807, 2.05) is 0 Å². The van der Waals surface area contributed by atoms with Gasteiger partial charge in [-0.25, -0.2) is 4.79 Å². The molecule has 0 amide bonds. The molecule has 0 spiro atoms. The Labute approximate surface area is 132 Å². The van der Waals surface area contributed by atoms with Crippen LogP contribution in [0.4, 0.5) is 0 Å². The lowest BCUT2D eigenvalue weighted by Crippen LogP contribution is -2.07. The maximum atomic E-state index is 12.0. The summed E-state index contributed by atoms with van der Waals surface area (Å²) in [5, 5.41) is 0. The van der Waals surface area contributed by atoms with Crippen LogP contribution in [0.5, 0.6) is 0 Å². The first kappa shape index (κ1) is 15.0. The van der Waals surface area contributed by atoms with E-state index in [1.54, 1.807) is 31.2 Å². The fraction of sp³-hybridized carbons (Fsp3) is 0.143. The summed E-state index contributed by atoms with van der Waals surface area (Å²) >= 11 is 6.73. The fourth-order valence-corrected chi connectivity index (χ4v) is 3.17. The minimum absolute atomic E-state index is 0.199. The second-order valence-corrected chi connectivity index (χ2v) is 5.62. The molecule has 0 saturated heterocycles. The highest BCUT2D eigenvalue weighted by Gasteiger charge is 2.20. The zero-order chi connectivity index (χ0) is 14.7. The second kappa shape index (κ2) is 6.37. The minimum Gasteiger partial charge on any atom is -0.462 e. The molecule has 1 aromatic carbocycles. The number of rotatable bonds is 4. The molecule has 0 aliphatic heterocycles. The average Bonchev–Trinajstić information content (AvgIpc) is 2.86. The maximum absolute atomic E-state index is 12.0. The lowest BCUT2D eigenvalue weighted by molar-refractivity contribution is 0.0527. The van der Waals surface area contributed by atoms with Crippen LogP contribution in [0.1, 0.15) is 27.8 Å². The van der Waals surface area contributed by atoms with Gasteiger partial charge in [-0.3, -0.25) is 4.79 Å². The van der Waals surface area contributed by atoms with Crippen molar-refractivity contribution in [2.45, 2.75) is 6.92 Å². The van der Waals surface area contributed by atoms with Crippen molar-refractivity contribution in [1.29, 1.82) is 0 Å². The number of esters is 1. The van der Waals surface area contributed by atoms with Crippen LogP contribution in [0.3, 0.4) is 0 Å². The highest BCUT2D eigenvalue weighted by Crippen LogP contribution is 2.35. The van der Waals surface area contributed by atoms with Gasteiger partial charge in [-0.1, -0.05) is 15.9 Å². The van der Waals surface area contributed by atoms with E-state index < -0.39 is 5.97 Å². The Morgan fingerprint density at radius 3 is 2.70 bits per heavy atom. The first-order chi connectivity index (χ1) is 9.56. The van der Waals surface area contributed by atoms with E-state index in [1.165, 1.54) is 0 Å². The van der Waals surface area contributed by atoms with Gasteiger partial charge in [-0.05, 0) is 47.1 Å². The van der Waals surface area contributed by atoms with Gasteiger partial charge in [-0.2, -0.15) is 0 Å². The van der Waals surface area contributed by atoms with Crippen LogP contribution in [0.25, 0.3) is 11.3 Å². The first-order valence-electron chi connectivity index (χ1n) is 5.78. The fourth-order valence-electron chi connectivity index (χ4n) is 1.74. The van der Waals surface area contributed by atoms with Crippen molar-refractivity contribution in [2.75, 3.05) is 6.61 Å². The topological polar surface area (TPSA) is 56.5 Å². The van der Waals surface area contributed by atoms with Crippen LogP contribution in [-0.2, 0) is 4.74 Å². The SMILES string of the molecule is CCOC(=O)c1cc(Br)cc(Br)c1-c1ccc(C=O)o1. The van der Waals surface area contributed by atoms with E-state index in [0.717, 1.165) is 4.47 Å². The molecular weight excluding hydrogens is 392 g/mol. The van der Waals surface area contributed by atoms with Crippen molar-refractivity contribution in [1.82, 2.24) is 0 Å². The van der Waals surface area contributed by atoms with E-state index in [9.17, 15) is 9.59 Å². The monoisotopic (exact) mass is 400 g/mol. The number of ether oxygens (including phenoxy) is 1. The van der Waals surface area contributed by atoms with Gasteiger partial charge in [0.05, 0.1) is 12.2 Å². The zero-order valence-corrected chi connectivity index (χ0v) is 13.7. The van der Waals surface area contributed by atoms with Crippen LogP contribution in [0.15, 0.2) is 37.6 Å². The highest BCUT2D eigenvalue weighted by atomic mass is 79.9. The quantitative estimate of drug-likeness (QED) is 0.560. The smallest absolute Gasteiger partial charge is 0.338 e. The number of hydrogen-bond donors (Lipinski definition) is 0. The van der Waals surface area contributed by atoms with Crippen molar-refractivity contribution in [3.8, 4) is 11.3 Å². The Morgan fingerprint density at radius 2 is 2.10 bits per heavy atom. The number of carbonyl (C=O) groups is 2. The number of aldehydes is 1. The Morgan fingerprint density at radius 1 is 1.35 bits per heavy atom. The van der Waals surface area contributed by atoms with E-state index in [0.29, 0.717) is 27.6 Å². The number of benzene rings is 1. The molecule has 104 valence electrons. The standard InChI is InChI=1S/C14H10Br2O4/c1-2-19-14(18)10-5-8(15)6-11(16)13(10)12-4-3-9(7-17)20-12/h3-7H,2H2,1H3. The molecular formula is C14H10Br2O4. The molecule has 4 nitrogen and oxygen atoms in total. The third-order valence-corrected chi connectivity index (χ3v) is 3.62. The predicted molar refractivity (Wildman–Crippen MR) is 80.9 cm³/mol. The molecule has 2 rings (SSSR count). The third-order valence-electron chi connectivity index (χ3n) is 2.54. The Kier molecular flexibility index (Phi) is 4.77. The molecule has 0 atom stereocenters. The van der Waals surface area contributed by atoms with Gasteiger partial charge in [-0.15, -0.1) is 0 Å². The van der Waals surface area contributed by atoms with Crippen LogP contribution >= 0.6 is 31.9 Å². The summed E-state index contributed by atoms with van der Waals surface area (Å²) in [6, 6.07) is 6.63. The molecule has 0 radical (unpaired) electrons. The van der Waals surface area contributed by atoms with E-state index in [-0.39, 0.29) is 12.4 Å². The molecule has 1 aromatic heterocycles. The Balaban J connectivity index is 2.60. The summed E-state index contributed by atoms with van der Waals surface area (Å²) in [5.41, 5.74) is 0.916. The van der Waals surface area contributed by atoms with Gasteiger partial charge in [0.1, 0.15) is 5.76 Å². The molecule has 0 fully saturated rings. The number of halogens is 2. The summed E-state index contributed by atoms with van der Waals surface area (Å²) in [6.07, 6.45) is 0.611. The minimum atomic E-state index is -0.450. The van der Waals surface area contributed by atoms with Gasteiger partial charge in [0, 0.05) is 14.5 Å². The number of furan rings is 1. The van der Waals surface area contributed by atoms with Crippen molar-refractivity contribution in [3.63, 3.8) is 0 Å². The van der Waals surface area contributed by atoms with Crippen LogP contribution in [-0.4, -0.2) is 18.9 Å². The highest BCUT2D eigenvalue weighted by molar-refractivity contribution is 9.11. The molecule has 1 heterocycles.